The van der Waals surface area contributed by atoms with Gasteiger partial charge in [0.05, 0.1) is 11.4 Å². The van der Waals surface area contributed by atoms with E-state index in [1.165, 1.54) is 12.1 Å². The number of hydrogen-bond donors (Lipinski definition) is 1. The van der Waals surface area contributed by atoms with Crippen LogP contribution in [0.3, 0.4) is 0 Å². The molecule has 0 saturated carbocycles. The first-order chi connectivity index (χ1) is 12.6. The first kappa shape index (κ1) is 16.7. The average Bonchev–Trinajstić information content (AvgIpc) is 3.08. The lowest BCUT2D eigenvalue weighted by Gasteiger charge is -2.05. The molecule has 0 radical (unpaired) electrons. The molecule has 2 aromatic carbocycles. The molecule has 0 fully saturated rings. The fraction of sp³-hybridized carbons (Fsp3) is 0.0476. The van der Waals surface area contributed by atoms with Crippen LogP contribution in [0.4, 0.5) is 4.39 Å². The number of aromatic nitrogens is 3. The van der Waals surface area contributed by atoms with Gasteiger partial charge < -0.3 is 4.98 Å². The van der Waals surface area contributed by atoms with Crippen molar-refractivity contribution in [2.24, 2.45) is 0 Å². The molecule has 0 saturated heterocycles. The summed E-state index contributed by atoms with van der Waals surface area (Å²) >= 11 is 3.62. The van der Waals surface area contributed by atoms with Gasteiger partial charge in [-0.3, -0.25) is 4.98 Å². The summed E-state index contributed by atoms with van der Waals surface area (Å²) in [6.07, 6.45) is 3.48. The standard InChI is InChI=1S/C21H15BrFN3/c1-13-3-2-4-17(22)18(13)21-25-19(14-5-7-16(23)8-6-14)20(26-21)15-9-11-24-12-10-15/h2-12H,1H3,(H,25,26). The molecule has 26 heavy (non-hydrogen) atoms. The van der Waals surface area contributed by atoms with Crippen molar-refractivity contribution in [3.8, 4) is 33.9 Å². The molecule has 128 valence electrons. The molecule has 0 spiro atoms. The molecule has 2 aromatic heterocycles. The molecular formula is C21H15BrFN3. The number of halogens is 2. The van der Waals surface area contributed by atoms with Gasteiger partial charge >= 0.3 is 0 Å². The molecule has 0 aliphatic rings. The Morgan fingerprint density at radius 1 is 0.923 bits per heavy atom. The summed E-state index contributed by atoms with van der Waals surface area (Å²) in [6.45, 7) is 2.05. The van der Waals surface area contributed by atoms with Gasteiger partial charge in [-0.25, -0.2) is 9.37 Å². The van der Waals surface area contributed by atoms with Crippen LogP contribution in [0.1, 0.15) is 5.56 Å². The number of pyridine rings is 1. The fourth-order valence-corrected chi connectivity index (χ4v) is 3.62. The first-order valence-electron chi connectivity index (χ1n) is 8.15. The SMILES string of the molecule is Cc1cccc(Br)c1-c1nc(-c2ccncc2)c(-c2ccc(F)cc2)[nH]1. The highest BCUT2D eigenvalue weighted by atomic mass is 79.9. The second kappa shape index (κ2) is 6.84. The molecule has 0 atom stereocenters. The fourth-order valence-electron chi connectivity index (χ4n) is 2.97. The van der Waals surface area contributed by atoms with Crippen molar-refractivity contribution in [3.05, 3.63) is 82.8 Å². The average molecular weight is 408 g/mol. The zero-order valence-electron chi connectivity index (χ0n) is 14.0. The largest absolute Gasteiger partial charge is 0.337 e. The number of benzene rings is 2. The van der Waals surface area contributed by atoms with Gasteiger partial charge in [0.1, 0.15) is 11.6 Å². The van der Waals surface area contributed by atoms with Gasteiger partial charge in [0.15, 0.2) is 0 Å². The number of imidazole rings is 1. The Morgan fingerprint density at radius 2 is 1.65 bits per heavy atom. The predicted molar refractivity (Wildman–Crippen MR) is 105 cm³/mol. The van der Waals surface area contributed by atoms with E-state index in [9.17, 15) is 4.39 Å². The van der Waals surface area contributed by atoms with Gasteiger partial charge in [0.25, 0.3) is 0 Å². The lowest BCUT2D eigenvalue weighted by Crippen LogP contribution is -1.87. The second-order valence-corrected chi connectivity index (χ2v) is 6.84. The first-order valence-corrected chi connectivity index (χ1v) is 8.94. The van der Waals surface area contributed by atoms with E-state index in [1.54, 1.807) is 24.5 Å². The number of nitrogens with one attached hydrogen (secondary N) is 1. The van der Waals surface area contributed by atoms with Crippen LogP contribution in [0.2, 0.25) is 0 Å². The molecule has 0 bridgehead atoms. The van der Waals surface area contributed by atoms with E-state index in [2.05, 4.69) is 25.9 Å². The zero-order valence-corrected chi connectivity index (χ0v) is 15.6. The normalized spacial score (nSPS) is 10.9. The second-order valence-electron chi connectivity index (χ2n) is 5.98. The van der Waals surface area contributed by atoms with Crippen molar-refractivity contribution in [2.75, 3.05) is 0 Å². The Balaban J connectivity index is 1.95. The number of aromatic amines is 1. The molecule has 4 rings (SSSR count). The van der Waals surface area contributed by atoms with Gasteiger partial charge in [-0.15, -0.1) is 0 Å². The van der Waals surface area contributed by atoms with Crippen LogP contribution in [-0.2, 0) is 0 Å². The minimum Gasteiger partial charge on any atom is -0.337 e. The van der Waals surface area contributed by atoms with Crippen LogP contribution in [0.5, 0.6) is 0 Å². The topological polar surface area (TPSA) is 41.6 Å². The summed E-state index contributed by atoms with van der Waals surface area (Å²) in [5.74, 6) is 0.502. The summed E-state index contributed by atoms with van der Waals surface area (Å²) in [6, 6.07) is 16.3. The zero-order chi connectivity index (χ0) is 18.1. The Kier molecular flexibility index (Phi) is 4.39. The van der Waals surface area contributed by atoms with Gasteiger partial charge in [-0.05, 0) is 55.0 Å². The third-order valence-corrected chi connectivity index (χ3v) is 4.91. The van der Waals surface area contributed by atoms with Crippen molar-refractivity contribution in [1.29, 1.82) is 0 Å². The van der Waals surface area contributed by atoms with Gasteiger partial charge in [0, 0.05) is 33.6 Å². The molecule has 3 nitrogen and oxygen atoms in total. The van der Waals surface area contributed by atoms with Gasteiger partial charge in [-0.1, -0.05) is 28.1 Å². The van der Waals surface area contributed by atoms with Crippen LogP contribution in [0.25, 0.3) is 33.9 Å². The highest BCUT2D eigenvalue weighted by molar-refractivity contribution is 9.10. The summed E-state index contributed by atoms with van der Waals surface area (Å²) < 4.78 is 14.3. The number of nitrogens with zero attached hydrogens (tertiary/aromatic N) is 2. The number of H-pyrrole nitrogens is 1. The predicted octanol–water partition coefficient (Wildman–Crippen LogP) is 6.02. The number of rotatable bonds is 3. The molecule has 1 N–H and O–H groups in total. The maximum absolute atomic E-state index is 13.4. The molecule has 0 aliphatic carbocycles. The van der Waals surface area contributed by atoms with E-state index in [0.29, 0.717) is 0 Å². The van der Waals surface area contributed by atoms with Crippen LogP contribution in [-0.4, -0.2) is 15.0 Å². The molecule has 4 aromatic rings. The highest BCUT2D eigenvalue weighted by Gasteiger charge is 2.17. The van der Waals surface area contributed by atoms with Crippen molar-refractivity contribution < 1.29 is 4.39 Å². The van der Waals surface area contributed by atoms with Gasteiger partial charge in [-0.2, -0.15) is 0 Å². The van der Waals surface area contributed by atoms with E-state index in [1.807, 2.05) is 37.3 Å². The summed E-state index contributed by atoms with van der Waals surface area (Å²) in [4.78, 5) is 12.4. The lowest BCUT2D eigenvalue weighted by atomic mass is 10.1. The third kappa shape index (κ3) is 3.06. The third-order valence-electron chi connectivity index (χ3n) is 4.25. The smallest absolute Gasteiger partial charge is 0.139 e. The van der Waals surface area contributed by atoms with Crippen LogP contribution in [0.15, 0.2) is 71.5 Å². The minimum absolute atomic E-state index is 0.263. The molecule has 2 heterocycles. The van der Waals surface area contributed by atoms with E-state index in [0.717, 1.165) is 43.9 Å². The molecule has 5 heteroatoms. The molecule has 0 amide bonds. The minimum atomic E-state index is -0.263. The van der Waals surface area contributed by atoms with E-state index in [4.69, 9.17) is 4.98 Å². The Bertz CT molecular complexity index is 1040. The van der Waals surface area contributed by atoms with E-state index < -0.39 is 0 Å². The molecule has 0 aliphatic heterocycles. The Labute approximate surface area is 159 Å². The van der Waals surface area contributed by atoms with Crippen LogP contribution < -0.4 is 0 Å². The summed E-state index contributed by atoms with van der Waals surface area (Å²) in [5.41, 5.74) is 5.61. The number of hydrogen-bond acceptors (Lipinski definition) is 2. The monoisotopic (exact) mass is 407 g/mol. The van der Waals surface area contributed by atoms with Crippen molar-refractivity contribution in [1.82, 2.24) is 15.0 Å². The summed E-state index contributed by atoms with van der Waals surface area (Å²) in [5, 5.41) is 0. The summed E-state index contributed by atoms with van der Waals surface area (Å²) in [7, 11) is 0. The van der Waals surface area contributed by atoms with E-state index >= 15 is 0 Å². The van der Waals surface area contributed by atoms with Gasteiger partial charge in [0.2, 0.25) is 0 Å². The Hall–Kier alpha value is -2.79. The Morgan fingerprint density at radius 3 is 2.35 bits per heavy atom. The highest BCUT2D eigenvalue weighted by Crippen LogP contribution is 2.36. The quantitative estimate of drug-likeness (QED) is 0.451. The maximum atomic E-state index is 13.4. The maximum Gasteiger partial charge on any atom is 0.139 e. The van der Waals surface area contributed by atoms with Crippen molar-refractivity contribution in [3.63, 3.8) is 0 Å². The molecule has 0 unspecified atom stereocenters. The van der Waals surface area contributed by atoms with Crippen LogP contribution >= 0.6 is 15.9 Å². The molecular weight excluding hydrogens is 393 g/mol. The van der Waals surface area contributed by atoms with Crippen molar-refractivity contribution in [2.45, 2.75) is 6.92 Å². The lowest BCUT2D eigenvalue weighted by molar-refractivity contribution is 0.628. The van der Waals surface area contributed by atoms with E-state index in [-0.39, 0.29) is 5.82 Å². The number of aryl methyl sites for hydroxylation is 1. The van der Waals surface area contributed by atoms with Crippen molar-refractivity contribution >= 4 is 15.9 Å². The van der Waals surface area contributed by atoms with Crippen LogP contribution in [0, 0.1) is 12.7 Å².